The molecular formula is C12H9N3. The molecule has 1 heterocycles. The van der Waals surface area contributed by atoms with Gasteiger partial charge in [0.2, 0.25) is 0 Å². The quantitative estimate of drug-likeness (QED) is 0.799. The van der Waals surface area contributed by atoms with Crippen LogP contribution in [0, 0.1) is 28.6 Å². The highest BCUT2D eigenvalue weighted by molar-refractivity contribution is 5.82. The average molecular weight is 195 g/mol. The summed E-state index contributed by atoms with van der Waals surface area (Å²) >= 11 is 0. The molecule has 0 radical (unpaired) electrons. The van der Waals surface area contributed by atoms with Crippen molar-refractivity contribution < 1.29 is 0 Å². The fourth-order valence-corrected chi connectivity index (χ4v) is 1.67. The molecule has 0 bridgehead atoms. The molecule has 1 N–H and O–H groups in total. The summed E-state index contributed by atoms with van der Waals surface area (Å²) in [6.07, 6.45) is 2.35. The number of hydrogen-bond donors (Lipinski definition) is 1. The normalized spacial score (nSPS) is 10.1. The fraction of sp³-hybridized carbons (Fsp3) is 0.167. The van der Waals surface area contributed by atoms with Gasteiger partial charge in [0.1, 0.15) is 5.92 Å². The smallest absolute Gasteiger partial charge is 0.137 e. The highest BCUT2D eigenvalue weighted by Crippen LogP contribution is 2.19. The Morgan fingerprint density at radius 1 is 1.20 bits per heavy atom. The van der Waals surface area contributed by atoms with Crippen LogP contribution in [0.5, 0.6) is 0 Å². The van der Waals surface area contributed by atoms with Crippen molar-refractivity contribution in [3.63, 3.8) is 0 Å². The van der Waals surface area contributed by atoms with Crippen molar-refractivity contribution in [3.8, 4) is 12.1 Å². The maximum Gasteiger partial charge on any atom is 0.137 e. The van der Waals surface area contributed by atoms with Crippen LogP contribution in [0.1, 0.15) is 5.56 Å². The van der Waals surface area contributed by atoms with E-state index in [4.69, 9.17) is 10.5 Å². The number of aromatic amines is 1. The lowest BCUT2D eigenvalue weighted by atomic mass is 9.99. The van der Waals surface area contributed by atoms with Gasteiger partial charge in [-0.05, 0) is 17.7 Å². The SMILES string of the molecule is N#CC(C#N)Cc1cccc2[nH]ccc12. The lowest BCUT2D eigenvalue weighted by molar-refractivity contribution is 0.840. The molecule has 0 spiro atoms. The van der Waals surface area contributed by atoms with E-state index in [2.05, 4.69) is 4.98 Å². The second-order valence-corrected chi connectivity index (χ2v) is 3.37. The van der Waals surface area contributed by atoms with E-state index in [0.29, 0.717) is 6.42 Å². The molecule has 3 nitrogen and oxygen atoms in total. The summed E-state index contributed by atoms with van der Waals surface area (Å²) < 4.78 is 0. The Morgan fingerprint density at radius 2 is 2.00 bits per heavy atom. The standard InChI is InChI=1S/C12H9N3/c13-7-9(8-14)6-10-2-1-3-12-11(10)4-5-15-12/h1-5,9,15H,6H2. The topological polar surface area (TPSA) is 63.4 Å². The lowest BCUT2D eigenvalue weighted by Crippen LogP contribution is -1.98. The Bertz CT molecular complexity index is 540. The van der Waals surface area contributed by atoms with Crippen molar-refractivity contribution in [1.82, 2.24) is 4.98 Å². The largest absolute Gasteiger partial charge is 0.361 e. The molecule has 0 aliphatic heterocycles. The second kappa shape index (κ2) is 3.86. The van der Waals surface area contributed by atoms with E-state index in [1.54, 1.807) is 0 Å². The highest BCUT2D eigenvalue weighted by Gasteiger charge is 2.09. The third-order valence-electron chi connectivity index (χ3n) is 2.42. The molecule has 0 amide bonds. The molecule has 72 valence electrons. The Labute approximate surface area is 87.6 Å². The van der Waals surface area contributed by atoms with Crippen LogP contribution in [0.2, 0.25) is 0 Å². The molecule has 3 heteroatoms. The number of aromatic nitrogens is 1. The molecule has 0 aliphatic carbocycles. The van der Waals surface area contributed by atoms with Crippen molar-refractivity contribution in [1.29, 1.82) is 10.5 Å². The molecule has 0 saturated heterocycles. The maximum absolute atomic E-state index is 8.73. The zero-order valence-electron chi connectivity index (χ0n) is 8.07. The third-order valence-corrected chi connectivity index (χ3v) is 2.42. The summed E-state index contributed by atoms with van der Waals surface area (Å²) in [6, 6.07) is 11.8. The van der Waals surface area contributed by atoms with Gasteiger partial charge in [0.05, 0.1) is 12.1 Å². The molecule has 0 atom stereocenters. The first-order valence-electron chi connectivity index (χ1n) is 4.69. The Morgan fingerprint density at radius 3 is 2.73 bits per heavy atom. The van der Waals surface area contributed by atoms with E-state index in [-0.39, 0.29) is 0 Å². The zero-order chi connectivity index (χ0) is 10.7. The summed E-state index contributed by atoms with van der Waals surface area (Å²) in [5.74, 6) is -0.564. The van der Waals surface area contributed by atoms with Crippen LogP contribution in [0.25, 0.3) is 10.9 Å². The summed E-state index contributed by atoms with van der Waals surface area (Å²) in [7, 11) is 0. The molecule has 2 rings (SSSR count). The van der Waals surface area contributed by atoms with Gasteiger partial charge in [-0.3, -0.25) is 0 Å². The second-order valence-electron chi connectivity index (χ2n) is 3.37. The molecule has 0 unspecified atom stereocenters. The van der Waals surface area contributed by atoms with Crippen LogP contribution < -0.4 is 0 Å². The number of nitrogens with zero attached hydrogens (tertiary/aromatic N) is 2. The van der Waals surface area contributed by atoms with Crippen molar-refractivity contribution >= 4 is 10.9 Å². The molecule has 2 aromatic rings. The molecule has 1 aromatic carbocycles. The molecule has 1 aromatic heterocycles. The van der Waals surface area contributed by atoms with Gasteiger partial charge in [0.25, 0.3) is 0 Å². The number of nitriles is 2. The van der Waals surface area contributed by atoms with Gasteiger partial charge in [-0.25, -0.2) is 0 Å². The molecule has 15 heavy (non-hydrogen) atoms. The molecule has 0 aliphatic rings. The van der Waals surface area contributed by atoms with E-state index in [0.717, 1.165) is 16.5 Å². The van der Waals surface area contributed by atoms with E-state index in [1.165, 1.54) is 0 Å². The van der Waals surface area contributed by atoms with Crippen LogP contribution in [0.15, 0.2) is 30.5 Å². The summed E-state index contributed by atoms with van der Waals surface area (Å²) in [5, 5.41) is 18.6. The molecule has 0 fully saturated rings. The van der Waals surface area contributed by atoms with Gasteiger partial charge in [0.15, 0.2) is 0 Å². The molecular weight excluding hydrogens is 186 g/mol. The van der Waals surface area contributed by atoms with Crippen LogP contribution in [0.4, 0.5) is 0 Å². The number of hydrogen-bond acceptors (Lipinski definition) is 2. The minimum atomic E-state index is -0.564. The van der Waals surface area contributed by atoms with Gasteiger partial charge in [0, 0.05) is 23.5 Å². The zero-order valence-corrected chi connectivity index (χ0v) is 8.07. The predicted molar refractivity (Wildman–Crippen MR) is 56.7 cm³/mol. The van der Waals surface area contributed by atoms with E-state index in [9.17, 15) is 0 Å². The van der Waals surface area contributed by atoms with Gasteiger partial charge in [-0.2, -0.15) is 10.5 Å². The van der Waals surface area contributed by atoms with Crippen LogP contribution in [0.3, 0.4) is 0 Å². The summed E-state index contributed by atoms with van der Waals surface area (Å²) in [5.41, 5.74) is 2.09. The van der Waals surface area contributed by atoms with Crippen molar-refractivity contribution in [3.05, 3.63) is 36.0 Å². The summed E-state index contributed by atoms with van der Waals surface area (Å²) in [4.78, 5) is 3.10. The van der Waals surface area contributed by atoms with E-state index >= 15 is 0 Å². The van der Waals surface area contributed by atoms with E-state index in [1.807, 2.05) is 42.6 Å². The van der Waals surface area contributed by atoms with Gasteiger partial charge in [-0.1, -0.05) is 12.1 Å². The lowest BCUT2D eigenvalue weighted by Gasteiger charge is -2.02. The fourth-order valence-electron chi connectivity index (χ4n) is 1.67. The van der Waals surface area contributed by atoms with Gasteiger partial charge in [-0.15, -0.1) is 0 Å². The van der Waals surface area contributed by atoms with Crippen molar-refractivity contribution in [2.75, 3.05) is 0 Å². The minimum Gasteiger partial charge on any atom is -0.361 e. The monoisotopic (exact) mass is 195 g/mol. The highest BCUT2D eigenvalue weighted by atomic mass is 14.7. The van der Waals surface area contributed by atoms with Gasteiger partial charge >= 0.3 is 0 Å². The van der Waals surface area contributed by atoms with Crippen molar-refractivity contribution in [2.45, 2.75) is 6.42 Å². The van der Waals surface area contributed by atoms with Gasteiger partial charge < -0.3 is 4.98 Å². The van der Waals surface area contributed by atoms with Crippen molar-refractivity contribution in [2.24, 2.45) is 5.92 Å². The van der Waals surface area contributed by atoms with Crippen LogP contribution in [-0.4, -0.2) is 4.98 Å². The minimum absolute atomic E-state index is 0.488. The first-order valence-corrected chi connectivity index (χ1v) is 4.69. The first kappa shape index (κ1) is 9.30. The van der Waals surface area contributed by atoms with Crippen LogP contribution >= 0.6 is 0 Å². The third kappa shape index (κ3) is 1.68. The number of rotatable bonds is 2. The Kier molecular flexibility index (Phi) is 2.39. The number of H-pyrrole nitrogens is 1. The molecule has 0 saturated carbocycles. The van der Waals surface area contributed by atoms with Crippen LogP contribution in [-0.2, 0) is 6.42 Å². The number of nitrogens with one attached hydrogen (secondary N) is 1. The number of fused-ring (bicyclic) bond motifs is 1. The summed E-state index contributed by atoms with van der Waals surface area (Å²) in [6.45, 7) is 0. The Balaban J connectivity index is 2.41. The Hall–Kier alpha value is -2.26. The first-order chi connectivity index (χ1) is 7.35. The van der Waals surface area contributed by atoms with E-state index < -0.39 is 5.92 Å². The average Bonchev–Trinajstić information content (AvgIpc) is 2.74. The number of benzene rings is 1. The maximum atomic E-state index is 8.73. The predicted octanol–water partition coefficient (Wildman–Crippen LogP) is 2.37.